The predicted octanol–water partition coefficient (Wildman–Crippen LogP) is 13.1. The molecule has 0 atom stereocenters. The van der Waals surface area contributed by atoms with Crippen LogP contribution in [0.2, 0.25) is 0 Å². The second-order valence-corrected chi connectivity index (χ2v) is 13.2. The quantitative estimate of drug-likeness (QED) is 0.0910. The highest BCUT2D eigenvalue weighted by atomic mass is 79.9. The first-order chi connectivity index (χ1) is 22.4. The lowest BCUT2D eigenvalue weighted by atomic mass is 9.80. The van der Waals surface area contributed by atoms with Gasteiger partial charge in [-0.15, -0.1) is 11.8 Å². The number of unbranched alkanes of at least 4 members (excludes halogenated alkanes) is 4. The van der Waals surface area contributed by atoms with Crippen molar-refractivity contribution in [1.29, 1.82) is 0 Å². The van der Waals surface area contributed by atoms with Gasteiger partial charge in [0.15, 0.2) is 0 Å². The van der Waals surface area contributed by atoms with E-state index >= 15 is 0 Å². The monoisotopic (exact) mass is 752 g/mol. The van der Waals surface area contributed by atoms with Crippen molar-refractivity contribution in [2.24, 2.45) is 0 Å². The van der Waals surface area contributed by atoms with E-state index in [4.69, 9.17) is 0 Å². The molecule has 2 rings (SSSR count). The van der Waals surface area contributed by atoms with Gasteiger partial charge >= 0.3 is 0 Å². The third kappa shape index (κ3) is 11.3. The number of halogens is 2. The van der Waals surface area contributed by atoms with E-state index < -0.39 is 0 Å². The first-order valence-electron chi connectivity index (χ1n) is 18.8. The van der Waals surface area contributed by atoms with Crippen molar-refractivity contribution in [3.8, 4) is 23.7 Å². The summed E-state index contributed by atoms with van der Waals surface area (Å²) in [5, 5.41) is 1.95. The Kier molecular flexibility index (Phi) is 22.8. The van der Waals surface area contributed by atoms with E-state index in [-0.39, 0.29) is 0 Å². The fraction of sp³-hybridized carbons (Fsp3) is 0.636. The van der Waals surface area contributed by atoms with Crippen LogP contribution in [-0.2, 0) is 74.9 Å². The molecule has 0 saturated carbocycles. The minimum Gasteiger partial charge on any atom is -0.103 e. The summed E-state index contributed by atoms with van der Waals surface area (Å²) in [6.07, 6.45) is 17.7. The van der Waals surface area contributed by atoms with Crippen LogP contribution in [0, 0.1) is 23.7 Å². The molecule has 0 aliphatic heterocycles. The highest BCUT2D eigenvalue weighted by molar-refractivity contribution is 9.09. The van der Waals surface area contributed by atoms with Crippen molar-refractivity contribution in [3.05, 3.63) is 66.8 Å². The Hall–Kier alpha value is -1.48. The second kappa shape index (κ2) is 24.6. The molecule has 0 aliphatic carbocycles. The Morgan fingerprint density at radius 3 is 0.783 bits per heavy atom. The number of hydrogen-bond donors (Lipinski definition) is 0. The molecule has 2 aromatic carbocycles. The third-order valence-electron chi connectivity index (χ3n) is 9.56. The van der Waals surface area contributed by atoms with Gasteiger partial charge in [-0.3, -0.25) is 0 Å². The van der Waals surface area contributed by atoms with Gasteiger partial charge in [-0.05, 0) is 131 Å². The summed E-state index contributed by atoms with van der Waals surface area (Å²) in [4.78, 5) is 0. The normalized spacial score (nSPS) is 10.5. The fourth-order valence-electron chi connectivity index (χ4n) is 7.36. The molecule has 0 N–H and O–H groups in total. The lowest BCUT2D eigenvalue weighted by Crippen LogP contribution is -2.12. The van der Waals surface area contributed by atoms with E-state index in [9.17, 15) is 0 Å². The molecule has 0 aromatic heterocycles. The Morgan fingerprint density at radius 2 is 0.565 bits per heavy atom. The maximum absolute atomic E-state index is 3.69. The van der Waals surface area contributed by atoms with Crippen molar-refractivity contribution in [1.82, 2.24) is 0 Å². The van der Waals surface area contributed by atoms with Crippen LogP contribution in [0.5, 0.6) is 0 Å². The van der Waals surface area contributed by atoms with Crippen LogP contribution in [-0.4, -0.2) is 0 Å². The van der Waals surface area contributed by atoms with E-state index in [0.717, 1.165) is 87.7 Å². The van der Waals surface area contributed by atoms with Gasteiger partial charge in [-0.1, -0.05) is 126 Å². The highest BCUT2D eigenvalue weighted by Crippen LogP contribution is 2.34. The van der Waals surface area contributed by atoms with E-state index in [0.29, 0.717) is 0 Å². The fourth-order valence-corrected chi connectivity index (χ4v) is 8.71. The van der Waals surface area contributed by atoms with Crippen LogP contribution in [0.4, 0.5) is 0 Å². The molecule has 0 aliphatic rings. The molecule has 256 valence electrons. The largest absolute Gasteiger partial charge is 0.103 e. The van der Waals surface area contributed by atoms with Crippen molar-refractivity contribution in [2.45, 2.75) is 183 Å². The van der Waals surface area contributed by atoms with Gasteiger partial charge in [-0.2, -0.15) is 0 Å². The van der Waals surface area contributed by atoms with Crippen molar-refractivity contribution in [2.75, 3.05) is 0 Å². The SMILES string of the molecule is CCCCC#CCc1c(CC)c(CC)c(CC)c(CC)c1CC#CCCCC.CCc1c(CC)c(CC)c(CBr)c(CBr)c1CC. The van der Waals surface area contributed by atoms with Gasteiger partial charge in [0.05, 0.1) is 0 Å². The average molecular weight is 755 g/mol. The van der Waals surface area contributed by atoms with E-state index in [2.05, 4.69) is 125 Å². The zero-order valence-corrected chi connectivity index (χ0v) is 34.7. The van der Waals surface area contributed by atoms with E-state index in [1.807, 2.05) is 0 Å². The lowest BCUT2D eigenvalue weighted by molar-refractivity contribution is 0.827. The Morgan fingerprint density at radius 1 is 0.326 bits per heavy atom. The molecule has 0 amide bonds. The predicted molar refractivity (Wildman–Crippen MR) is 215 cm³/mol. The zero-order valence-electron chi connectivity index (χ0n) is 31.5. The molecule has 46 heavy (non-hydrogen) atoms. The van der Waals surface area contributed by atoms with Crippen LogP contribution in [0.1, 0.15) is 175 Å². The third-order valence-corrected chi connectivity index (χ3v) is 10.7. The Labute approximate surface area is 303 Å². The van der Waals surface area contributed by atoms with Gasteiger partial charge in [0.25, 0.3) is 0 Å². The molecular formula is C44H66Br2. The summed E-state index contributed by atoms with van der Waals surface area (Å²) in [5.74, 6) is 13.8. The van der Waals surface area contributed by atoms with Crippen molar-refractivity contribution in [3.63, 3.8) is 0 Å². The molecule has 0 heterocycles. The molecule has 0 bridgehead atoms. The average Bonchev–Trinajstić information content (AvgIpc) is 3.09. The summed E-state index contributed by atoms with van der Waals surface area (Å²) in [5.41, 5.74) is 18.7. The second-order valence-electron chi connectivity index (χ2n) is 12.1. The number of hydrogen-bond acceptors (Lipinski definition) is 0. The molecule has 0 nitrogen and oxygen atoms in total. The summed E-state index contributed by atoms with van der Waals surface area (Å²) in [6.45, 7) is 22.9. The van der Waals surface area contributed by atoms with E-state index in [1.165, 1.54) is 47.9 Å². The summed E-state index contributed by atoms with van der Waals surface area (Å²) in [7, 11) is 0. The summed E-state index contributed by atoms with van der Waals surface area (Å²) >= 11 is 7.39. The van der Waals surface area contributed by atoms with Gasteiger partial charge < -0.3 is 0 Å². The molecule has 0 saturated heterocycles. The topological polar surface area (TPSA) is 0 Å². The maximum atomic E-state index is 3.69. The maximum Gasteiger partial charge on any atom is 0.0346 e. The van der Waals surface area contributed by atoms with E-state index in [1.54, 1.807) is 44.5 Å². The molecular weight excluding hydrogens is 688 g/mol. The van der Waals surface area contributed by atoms with Crippen LogP contribution >= 0.6 is 31.9 Å². The van der Waals surface area contributed by atoms with Gasteiger partial charge in [-0.25, -0.2) is 0 Å². The smallest absolute Gasteiger partial charge is 0.0346 e. The van der Waals surface area contributed by atoms with Gasteiger partial charge in [0.2, 0.25) is 0 Å². The Bertz CT molecular complexity index is 1140. The molecule has 0 spiro atoms. The molecule has 0 fully saturated rings. The minimum absolute atomic E-state index is 0.892. The van der Waals surface area contributed by atoms with Crippen LogP contribution in [0.15, 0.2) is 0 Å². The minimum atomic E-state index is 0.892. The van der Waals surface area contributed by atoms with Gasteiger partial charge in [0.1, 0.15) is 0 Å². The molecule has 0 unspecified atom stereocenters. The highest BCUT2D eigenvalue weighted by Gasteiger charge is 2.20. The first kappa shape index (κ1) is 42.5. The van der Waals surface area contributed by atoms with Crippen LogP contribution in [0.25, 0.3) is 0 Å². The summed E-state index contributed by atoms with van der Waals surface area (Å²) < 4.78 is 0. The van der Waals surface area contributed by atoms with Gasteiger partial charge in [0, 0.05) is 36.3 Å². The summed E-state index contributed by atoms with van der Waals surface area (Å²) in [6, 6.07) is 0. The van der Waals surface area contributed by atoms with Crippen molar-refractivity contribution < 1.29 is 0 Å². The number of rotatable bonds is 16. The first-order valence-corrected chi connectivity index (χ1v) is 21.0. The zero-order chi connectivity index (χ0) is 34.5. The van der Waals surface area contributed by atoms with Crippen molar-refractivity contribution >= 4 is 31.9 Å². The van der Waals surface area contributed by atoms with Crippen LogP contribution < -0.4 is 0 Å². The number of benzene rings is 2. The lowest BCUT2D eigenvalue weighted by Gasteiger charge is -2.24. The van der Waals surface area contributed by atoms with Crippen LogP contribution in [0.3, 0.4) is 0 Å². The molecule has 0 radical (unpaired) electrons. The standard InChI is InChI=1S/C28H42.C16H24Br2/c1-7-13-15-17-19-21-27-25(11-5)23(9-3)24(10-4)26(12-6)28(27)22-20-18-16-14-8-2;1-5-11-12(6-2)14(8-4)16(10-18)15(9-17)13(11)7-3/h7-16,21-22H2,1-6H3;5-10H2,1-4H3. The Balaban J connectivity index is 0.000000506. The number of alkyl halides is 2. The molecule has 2 aromatic rings. The molecule has 2 heteroatoms.